The molecule has 0 atom stereocenters. The molecule has 0 radical (unpaired) electrons. The van der Waals surface area contributed by atoms with Crippen LogP contribution >= 0.6 is 11.3 Å². The average molecular weight is 482 g/mol. The molecular weight excluding hydrogens is 454 g/mol. The number of ether oxygens (including phenoxy) is 1. The molecule has 1 aromatic carbocycles. The SMILES string of the molecule is COC(=O)CNC(=O)c1cccc(NC(=O)C2CCN(c3ncnc4sc(C)c(C)c34)CC2)c1. The minimum atomic E-state index is -0.531. The summed E-state index contributed by atoms with van der Waals surface area (Å²) in [5.74, 6) is -0.199. The summed E-state index contributed by atoms with van der Waals surface area (Å²) in [7, 11) is 1.26. The van der Waals surface area contributed by atoms with Crippen molar-refractivity contribution in [2.75, 3.05) is 37.0 Å². The van der Waals surface area contributed by atoms with Crippen molar-refractivity contribution in [3.8, 4) is 0 Å². The number of piperidine rings is 1. The van der Waals surface area contributed by atoms with Gasteiger partial charge in [0.2, 0.25) is 5.91 Å². The second-order valence-electron chi connectivity index (χ2n) is 8.25. The van der Waals surface area contributed by atoms with E-state index in [1.807, 2.05) is 0 Å². The lowest BCUT2D eigenvalue weighted by Gasteiger charge is -2.32. The molecule has 34 heavy (non-hydrogen) atoms. The van der Waals surface area contributed by atoms with Crippen LogP contribution in [0, 0.1) is 19.8 Å². The smallest absolute Gasteiger partial charge is 0.325 e. The van der Waals surface area contributed by atoms with E-state index in [9.17, 15) is 14.4 Å². The molecule has 1 aliphatic rings. The van der Waals surface area contributed by atoms with Crippen LogP contribution in [-0.2, 0) is 14.3 Å². The summed E-state index contributed by atoms with van der Waals surface area (Å²) >= 11 is 1.68. The van der Waals surface area contributed by atoms with Gasteiger partial charge in [0.05, 0.1) is 12.5 Å². The van der Waals surface area contributed by atoms with Gasteiger partial charge in [-0.25, -0.2) is 9.97 Å². The first-order valence-electron chi connectivity index (χ1n) is 11.1. The number of esters is 1. The Labute approximate surface area is 201 Å². The first-order chi connectivity index (χ1) is 16.4. The van der Waals surface area contributed by atoms with Gasteiger partial charge in [-0.15, -0.1) is 11.3 Å². The third-order valence-corrected chi connectivity index (χ3v) is 7.24. The molecule has 1 fully saturated rings. The Hall–Kier alpha value is -3.53. The lowest BCUT2D eigenvalue weighted by Crippen LogP contribution is -2.38. The molecule has 0 unspecified atom stereocenters. The van der Waals surface area contributed by atoms with Crippen molar-refractivity contribution in [3.63, 3.8) is 0 Å². The minimum Gasteiger partial charge on any atom is -0.468 e. The topological polar surface area (TPSA) is 114 Å². The number of aryl methyl sites for hydroxylation is 2. The number of anilines is 2. The van der Waals surface area contributed by atoms with Crippen LogP contribution < -0.4 is 15.5 Å². The van der Waals surface area contributed by atoms with Gasteiger partial charge in [-0.1, -0.05) is 6.07 Å². The number of carbonyl (C=O) groups excluding carboxylic acids is 3. The molecule has 1 saturated heterocycles. The van der Waals surface area contributed by atoms with Crippen molar-refractivity contribution in [1.29, 1.82) is 0 Å². The summed E-state index contributed by atoms with van der Waals surface area (Å²) in [6, 6.07) is 6.65. The van der Waals surface area contributed by atoms with Gasteiger partial charge in [-0.05, 0) is 50.5 Å². The molecule has 2 N–H and O–H groups in total. The zero-order valence-electron chi connectivity index (χ0n) is 19.4. The molecule has 4 rings (SSSR count). The van der Waals surface area contributed by atoms with Crippen LogP contribution in [0.25, 0.3) is 10.2 Å². The number of nitrogens with zero attached hydrogens (tertiary/aromatic N) is 3. The maximum atomic E-state index is 12.9. The Morgan fingerprint density at radius 3 is 2.68 bits per heavy atom. The van der Waals surface area contributed by atoms with E-state index in [4.69, 9.17) is 0 Å². The summed E-state index contributed by atoms with van der Waals surface area (Å²) < 4.78 is 4.52. The second-order valence-corrected chi connectivity index (χ2v) is 9.45. The highest BCUT2D eigenvalue weighted by Crippen LogP contribution is 2.35. The number of thiophene rings is 1. The van der Waals surface area contributed by atoms with Crippen molar-refractivity contribution in [3.05, 3.63) is 46.6 Å². The first-order valence-corrected chi connectivity index (χ1v) is 11.9. The van der Waals surface area contributed by atoms with Crippen molar-refractivity contribution in [1.82, 2.24) is 15.3 Å². The van der Waals surface area contributed by atoms with Gasteiger partial charge in [0.1, 0.15) is 23.5 Å². The van der Waals surface area contributed by atoms with Crippen LogP contribution in [0.4, 0.5) is 11.5 Å². The number of carbonyl (C=O) groups is 3. The van der Waals surface area contributed by atoms with Gasteiger partial charge in [0, 0.05) is 35.1 Å². The lowest BCUT2D eigenvalue weighted by molar-refractivity contribution is -0.139. The van der Waals surface area contributed by atoms with Crippen LogP contribution in [0.5, 0.6) is 0 Å². The molecule has 2 amide bonds. The summed E-state index contributed by atoms with van der Waals surface area (Å²) in [5.41, 5.74) is 2.11. The quantitative estimate of drug-likeness (QED) is 0.520. The maximum Gasteiger partial charge on any atom is 0.325 e. The number of amides is 2. The molecule has 0 bridgehead atoms. The van der Waals surface area contributed by atoms with Crippen LogP contribution in [0.1, 0.15) is 33.6 Å². The Balaban J connectivity index is 1.37. The van der Waals surface area contributed by atoms with Crippen LogP contribution in [-0.4, -0.2) is 54.5 Å². The number of aromatic nitrogens is 2. The van der Waals surface area contributed by atoms with Gasteiger partial charge in [-0.2, -0.15) is 0 Å². The minimum absolute atomic E-state index is 0.0674. The highest BCUT2D eigenvalue weighted by atomic mass is 32.1. The van der Waals surface area contributed by atoms with Gasteiger partial charge in [0.15, 0.2) is 0 Å². The molecule has 3 heterocycles. The fourth-order valence-electron chi connectivity index (χ4n) is 4.07. The van der Waals surface area contributed by atoms with Gasteiger partial charge in [-0.3, -0.25) is 14.4 Å². The average Bonchev–Trinajstić information content (AvgIpc) is 3.15. The fourth-order valence-corrected chi connectivity index (χ4v) is 5.06. The van der Waals surface area contributed by atoms with Gasteiger partial charge < -0.3 is 20.3 Å². The van der Waals surface area contributed by atoms with Crippen molar-refractivity contribution in [2.24, 2.45) is 5.92 Å². The molecule has 0 saturated carbocycles. The van der Waals surface area contributed by atoms with E-state index in [1.165, 1.54) is 17.6 Å². The number of nitrogens with one attached hydrogen (secondary N) is 2. The molecule has 3 aromatic rings. The normalized spacial score (nSPS) is 14.1. The monoisotopic (exact) mass is 481 g/mol. The molecule has 2 aromatic heterocycles. The largest absolute Gasteiger partial charge is 0.468 e. The molecular formula is C24H27N5O4S. The fraction of sp³-hybridized carbons (Fsp3) is 0.375. The van der Waals surface area contributed by atoms with Crippen LogP contribution in [0.3, 0.4) is 0 Å². The Bertz CT molecular complexity index is 1230. The van der Waals surface area contributed by atoms with E-state index >= 15 is 0 Å². The second kappa shape index (κ2) is 10.2. The molecule has 178 valence electrons. The molecule has 1 aliphatic heterocycles. The predicted octanol–water partition coefficient (Wildman–Crippen LogP) is 3.07. The summed E-state index contributed by atoms with van der Waals surface area (Å²) in [4.78, 5) is 49.8. The third-order valence-electron chi connectivity index (χ3n) is 6.12. The third kappa shape index (κ3) is 5.01. The maximum absolute atomic E-state index is 12.9. The Morgan fingerprint density at radius 2 is 1.94 bits per heavy atom. The molecule has 0 spiro atoms. The van der Waals surface area contributed by atoms with E-state index in [0.29, 0.717) is 24.1 Å². The van der Waals surface area contributed by atoms with E-state index in [-0.39, 0.29) is 18.4 Å². The van der Waals surface area contributed by atoms with Crippen LogP contribution in [0.15, 0.2) is 30.6 Å². The Morgan fingerprint density at radius 1 is 1.18 bits per heavy atom. The van der Waals surface area contributed by atoms with E-state index in [0.717, 1.165) is 29.1 Å². The van der Waals surface area contributed by atoms with Crippen molar-refractivity contribution in [2.45, 2.75) is 26.7 Å². The molecule has 10 heteroatoms. The van der Waals surface area contributed by atoms with E-state index in [2.05, 4.69) is 44.1 Å². The molecule has 9 nitrogen and oxygen atoms in total. The summed E-state index contributed by atoms with van der Waals surface area (Å²) in [6.07, 6.45) is 3.03. The number of hydrogen-bond acceptors (Lipinski definition) is 8. The Kier molecular flexibility index (Phi) is 7.06. The number of hydrogen-bond donors (Lipinski definition) is 2. The number of benzene rings is 1. The number of methoxy groups -OCH3 is 1. The van der Waals surface area contributed by atoms with E-state index in [1.54, 1.807) is 41.9 Å². The highest BCUT2D eigenvalue weighted by Gasteiger charge is 2.27. The highest BCUT2D eigenvalue weighted by molar-refractivity contribution is 7.18. The van der Waals surface area contributed by atoms with Gasteiger partial charge in [0.25, 0.3) is 5.91 Å². The summed E-state index contributed by atoms with van der Waals surface area (Å²) in [6.45, 7) is 5.45. The van der Waals surface area contributed by atoms with Crippen molar-refractivity contribution < 1.29 is 19.1 Å². The first kappa shape index (κ1) is 23.6. The number of rotatable bonds is 6. The standard InChI is InChI=1S/C24H27N5O4S/c1-14-15(2)34-24-20(14)21(26-13-27-24)29-9-7-16(8-10-29)23(32)28-18-6-4-5-17(11-18)22(31)25-12-19(30)33-3/h4-6,11,13,16H,7-10,12H2,1-3H3,(H,25,31)(H,28,32). The van der Waals surface area contributed by atoms with E-state index < -0.39 is 11.9 Å². The molecule has 0 aliphatic carbocycles. The van der Waals surface area contributed by atoms with Gasteiger partial charge >= 0.3 is 5.97 Å². The van der Waals surface area contributed by atoms with Crippen LogP contribution in [0.2, 0.25) is 0 Å². The van der Waals surface area contributed by atoms with Crippen molar-refractivity contribution >= 4 is 50.8 Å². The summed E-state index contributed by atoms with van der Waals surface area (Å²) in [5, 5.41) is 6.52. The predicted molar refractivity (Wildman–Crippen MR) is 131 cm³/mol. The lowest BCUT2D eigenvalue weighted by atomic mass is 9.95. The zero-order valence-corrected chi connectivity index (χ0v) is 20.2. The number of fused-ring (bicyclic) bond motifs is 1. The zero-order chi connectivity index (χ0) is 24.2.